The van der Waals surface area contributed by atoms with E-state index in [1.165, 1.54) is 18.2 Å². The maximum atomic E-state index is 13.7. The van der Waals surface area contributed by atoms with Crippen molar-refractivity contribution in [1.29, 1.82) is 0 Å². The highest BCUT2D eigenvalue weighted by atomic mass is 19.1. The zero-order chi connectivity index (χ0) is 16.1. The van der Waals surface area contributed by atoms with Gasteiger partial charge in [-0.2, -0.15) is 0 Å². The van der Waals surface area contributed by atoms with Gasteiger partial charge in [0.05, 0.1) is 5.69 Å². The lowest BCUT2D eigenvalue weighted by molar-refractivity contribution is -0.122. The van der Waals surface area contributed by atoms with E-state index >= 15 is 0 Å². The highest BCUT2D eigenvalue weighted by Crippen LogP contribution is 2.20. The molecule has 0 heterocycles. The van der Waals surface area contributed by atoms with Crippen molar-refractivity contribution in [3.8, 4) is 5.75 Å². The van der Waals surface area contributed by atoms with Crippen LogP contribution in [-0.2, 0) is 4.79 Å². The minimum Gasteiger partial charge on any atom is -0.481 e. The average Bonchev–Trinajstić information content (AvgIpc) is 2.48. The van der Waals surface area contributed by atoms with Gasteiger partial charge in [0.2, 0.25) is 0 Å². The molecular formula is C17H19FN2O2. The molecule has 0 aliphatic heterocycles. The number of carbonyl (C=O) groups is 1. The second-order valence-corrected chi connectivity index (χ2v) is 5.06. The van der Waals surface area contributed by atoms with E-state index in [1.54, 1.807) is 6.07 Å². The Morgan fingerprint density at radius 1 is 1.32 bits per heavy atom. The molecule has 0 spiro atoms. The number of nitrogens with one attached hydrogen (secondary N) is 1. The number of carbonyl (C=O) groups excluding carboxylic acids is 1. The van der Waals surface area contributed by atoms with E-state index in [1.807, 2.05) is 32.0 Å². The molecule has 5 heteroatoms. The summed E-state index contributed by atoms with van der Waals surface area (Å²) in [5.41, 5.74) is 7.07. The van der Waals surface area contributed by atoms with Crippen molar-refractivity contribution < 1.29 is 13.9 Å². The van der Waals surface area contributed by atoms with Crippen LogP contribution >= 0.6 is 0 Å². The van der Waals surface area contributed by atoms with Crippen molar-refractivity contribution in [2.45, 2.75) is 26.4 Å². The molecule has 22 heavy (non-hydrogen) atoms. The maximum Gasteiger partial charge on any atom is 0.265 e. The molecule has 0 radical (unpaired) electrons. The van der Waals surface area contributed by atoms with Crippen LogP contribution in [0.5, 0.6) is 5.75 Å². The van der Waals surface area contributed by atoms with Gasteiger partial charge in [0.25, 0.3) is 5.91 Å². The van der Waals surface area contributed by atoms with Crippen LogP contribution in [0.1, 0.15) is 18.9 Å². The molecule has 0 aliphatic rings. The summed E-state index contributed by atoms with van der Waals surface area (Å²) in [5.74, 6) is -0.337. The van der Waals surface area contributed by atoms with Crippen LogP contribution < -0.4 is 15.8 Å². The quantitative estimate of drug-likeness (QED) is 0.831. The Morgan fingerprint density at radius 3 is 2.77 bits per heavy atom. The average molecular weight is 302 g/mol. The van der Waals surface area contributed by atoms with Crippen molar-refractivity contribution >= 4 is 17.3 Å². The zero-order valence-corrected chi connectivity index (χ0v) is 12.6. The molecule has 2 rings (SSSR count). The molecule has 2 aromatic rings. The summed E-state index contributed by atoms with van der Waals surface area (Å²) in [7, 11) is 0. The topological polar surface area (TPSA) is 64.3 Å². The third kappa shape index (κ3) is 3.97. The molecule has 0 bridgehead atoms. The van der Waals surface area contributed by atoms with Gasteiger partial charge >= 0.3 is 0 Å². The summed E-state index contributed by atoms with van der Waals surface area (Å²) in [6, 6.07) is 11.5. The molecular weight excluding hydrogens is 283 g/mol. The Labute approximate surface area is 129 Å². The number of hydrogen-bond acceptors (Lipinski definition) is 3. The molecule has 0 aliphatic carbocycles. The Hall–Kier alpha value is -2.56. The minimum atomic E-state index is -0.706. The fourth-order valence-corrected chi connectivity index (χ4v) is 2.03. The van der Waals surface area contributed by atoms with E-state index in [4.69, 9.17) is 10.5 Å². The van der Waals surface area contributed by atoms with Crippen LogP contribution in [-0.4, -0.2) is 12.0 Å². The van der Waals surface area contributed by atoms with Crippen molar-refractivity contribution in [2.24, 2.45) is 0 Å². The van der Waals surface area contributed by atoms with Crippen molar-refractivity contribution in [3.05, 3.63) is 53.8 Å². The number of hydrogen-bond donors (Lipinski definition) is 2. The number of amides is 1. The Kier molecular flexibility index (Phi) is 4.99. The Morgan fingerprint density at radius 2 is 2.09 bits per heavy atom. The van der Waals surface area contributed by atoms with Gasteiger partial charge in [0.15, 0.2) is 6.10 Å². The normalized spacial score (nSPS) is 11.8. The van der Waals surface area contributed by atoms with E-state index in [0.717, 1.165) is 5.56 Å². The summed E-state index contributed by atoms with van der Waals surface area (Å²) >= 11 is 0. The third-order valence-electron chi connectivity index (χ3n) is 3.18. The van der Waals surface area contributed by atoms with Crippen LogP contribution in [0.3, 0.4) is 0 Å². The number of rotatable bonds is 5. The lowest BCUT2D eigenvalue weighted by atomic mass is 10.2. The summed E-state index contributed by atoms with van der Waals surface area (Å²) in [6.45, 7) is 3.77. The molecule has 3 N–H and O–H groups in total. The number of ether oxygens (including phenoxy) is 1. The van der Waals surface area contributed by atoms with Crippen LogP contribution in [0.2, 0.25) is 0 Å². The van der Waals surface area contributed by atoms with Crippen LogP contribution in [0.4, 0.5) is 15.8 Å². The predicted molar refractivity (Wildman–Crippen MR) is 85.3 cm³/mol. The zero-order valence-electron chi connectivity index (χ0n) is 12.6. The third-order valence-corrected chi connectivity index (χ3v) is 3.18. The molecule has 1 atom stereocenters. The second-order valence-electron chi connectivity index (χ2n) is 5.06. The van der Waals surface area contributed by atoms with E-state index < -0.39 is 17.8 Å². The molecule has 0 saturated carbocycles. The van der Waals surface area contributed by atoms with Gasteiger partial charge in [-0.05, 0) is 49.2 Å². The van der Waals surface area contributed by atoms with Crippen molar-refractivity contribution in [1.82, 2.24) is 0 Å². The van der Waals surface area contributed by atoms with Gasteiger partial charge in [0.1, 0.15) is 11.6 Å². The van der Waals surface area contributed by atoms with E-state index in [2.05, 4.69) is 5.32 Å². The van der Waals surface area contributed by atoms with Gasteiger partial charge in [-0.15, -0.1) is 0 Å². The molecule has 0 aromatic heterocycles. The second kappa shape index (κ2) is 6.93. The first-order valence-corrected chi connectivity index (χ1v) is 7.09. The minimum absolute atomic E-state index is 0.0521. The van der Waals surface area contributed by atoms with Gasteiger partial charge in [-0.1, -0.05) is 19.1 Å². The van der Waals surface area contributed by atoms with Gasteiger partial charge in [0, 0.05) is 5.69 Å². The van der Waals surface area contributed by atoms with Crippen molar-refractivity contribution in [2.75, 3.05) is 11.1 Å². The first-order chi connectivity index (χ1) is 10.5. The summed E-state index contributed by atoms with van der Waals surface area (Å²) < 4.78 is 19.3. The summed E-state index contributed by atoms with van der Waals surface area (Å²) in [6.07, 6.45) is -0.244. The summed E-state index contributed by atoms with van der Waals surface area (Å²) in [5, 5.41) is 2.52. The molecule has 0 unspecified atom stereocenters. The van der Waals surface area contributed by atoms with E-state index in [-0.39, 0.29) is 5.69 Å². The number of anilines is 2. The SMILES string of the molecule is CC[C@H](Oc1cccc(C)c1)C(=O)Nc1cc(N)ccc1F. The highest BCUT2D eigenvalue weighted by Gasteiger charge is 2.20. The van der Waals surface area contributed by atoms with Crippen LogP contribution in [0.25, 0.3) is 0 Å². The molecule has 4 nitrogen and oxygen atoms in total. The van der Waals surface area contributed by atoms with Gasteiger partial charge < -0.3 is 15.8 Å². The smallest absolute Gasteiger partial charge is 0.265 e. The molecule has 2 aromatic carbocycles. The molecule has 1 amide bonds. The molecule has 0 fully saturated rings. The monoisotopic (exact) mass is 302 g/mol. The number of aryl methyl sites for hydroxylation is 1. The van der Waals surface area contributed by atoms with Gasteiger partial charge in [-0.25, -0.2) is 4.39 Å². The molecule has 116 valence electrons. The van der Waals surface area contributed by atoms with E-state index in [0.29, 0.717) is 17.9 Å². The number of nitrogen functional groups attached to an aromatic ring is 1. The predicted octanol–water partition coefficient (Wildman–Crippen LogP) is 3.51. The molecule has 0 saturated heterocycles. The lowest BCUT2D eigenvalue weighted by Crippen LogP contribution is -2.32. The maximum absolute atomic E-state index is 13.7. The van der Waals surface area contributed by atoms with Crippen LogP contribution in [0, 0.1) is 12.7 Å². The van der Waals surface area contributed by atoms with Gasteiger partial charge in [-0.3, -0.25) is 4.79 Å². The highest BCUT2D eigenvalue weighted by molar-refractivity contribution is 5.94. The largest absolute Gasteiger partial charge is 0.481 e. The lowest BCUT2D eigenvalue weighted by Gasteiger charge is -2.18. The first-order valence-electron chi connectivity index (χ1n) is 7.09. The first kappa shape index (κ1) is 15.8. The summed E-state index contributed by atoms with van der Waals surface area (Å²) in [4.78, 5) is 12.3. The number of nitrogens with two attached hydrogens (primary N) is 1. The number of benzene rings is 2. The van der Waals surface area contributed by atoms with E-state index in [9.17, 15) is 9.18 Å². The fraction of sp³-hybridized carbons (Fsp3) is 0.235. The standard InChI is InChI=1S/C17H19FN2O2/c1-3-16(22-13-6-4-5-11(2)9-13)17(21)20-15-10-12(19)7-8-14(15)18/h4-10,16H,3,19H2,1-2H3,(H,20,21)/t16-/m0/s1. The fourth-order valence-electron chi connectivity index (χ4n) is 2.03. The van der Waals surface area contributed by atoms with Crippen molar-refractivity contribution in [3.63, 3.8) is 0 Å². The number of halogens is 1. The Balaban J connectivity index is 2.10. The Bertz CT molecular complexity index is 673. The van der Waals surface area contributed by atoms with Crippen LogP contribution in [0.15, 0.2) is 42.5 Å².